The van der Waals surface area contributed by atoms with E-state index in [1.54, 1.807) is 20.8 Å². The Kier molecular flexibility index (Phi) is 5.04. The number of rotatable bonds is 6. The van der Waals surface area contributed by atoms with Crippen LogP contribution >= 0.6 is 0 Å². The fourth-order valence-corrected chi connectivity index (χ4v) is 1.65. The van der Waals surface area contributed by atoms with Crippen molar-refractivity contribution in [3.8, 4) is 0 Å². The molecule has 2 N–H and O–H groups in total. The number of hydrogen-bond donors (Lipinski definition) is 2. The van der Waals surface area contributed by atoms with E-state index in [-0.39, 0.29) is 13.0 Å². The third kappa shape index (κ3) is 5.12. The topological polar surface area (TPSA) is 110 Å². The molecule has 0 saturated carbocycles. The largest absolute Gasteiger partial charge is 0.467 e. The quantitative estimate of drug-likeness (QED) is 0.708. The van der Waals surface area contributed by atoms with E-state index in [1.807, 2.05) is 0 Å². The van der Waals surface area contributed by atoms with Crippen LogP contribution in [-0.2, 0) is 14.3 Å². The van der Waals surface area contributed by atoms with Crippen LogP contribution in [0.5, 0.6) is 0 Å². The van der Waals surface area contributed by atoms with Gasteiger partial charge in [-0.1, -0.05) is 0 Å². The zero-order valence-corrected chi connectivity index (χ0v) is 12.2. The maximum absolute atomic E-state index is 11.7. The number of carbonyl (C=O) groups is 2. The maximum Gasteiger partial charge on any atom is 0.408 e. The fourth-order valence-electron chi connectivity index (χ4n) is 1.65. The summed E-state index contributed by atoms with van der Waals surface area (Å²) in [6.07, 6.45) is -0.275. The van der Waals surface area contributed by atoms with E-state index >= 15 is 0 Å². The highest BCUT2D eigenvalue weighted by molar-refractivity contribution is 5.81. The molecule has 0 aliphatic carbocycles. The lowest BCUT2D eigenvalue weighted by Crippen LogP contribution is -2.46. The molecule has 1 rings (SSSR count). The molecule has 0 fully saturated rings. The second-order valence-corrected chi connectivity index (χ2v) is 5.58. The van der Waals surface area contributed by atoms with Crippen LogP contribution in [0, 0.1) is 0 Å². The minimum atomic E-state index is -0.920. The van der Waals surface area contributed by atoms with Crippen molar-refractivity contribution in [1.82, 2.24) is 5.32 Å². The van der Waals surface area contributed by atoms with Crippen LogP contribution in [0.4, 0.5) is 4.79 Å². The van der Waals surface area contributed by atoms with Crippen molar-refractivity contribution >= 4 is 12.1 Å². The number of hydrogen-bond acceptors (Lipinski definition) is 7. The van der Waals surface area contributed by atoms with E-state index in [0.29, 0.717) is 6.42 Å². The molecular formula is C12H21N3O5. The molecule has 0 aromatic rings. The van der Waals surface area contributed by atoms with Crippen molar-refractivity contribution in [3.05, 3.63) is 0 Å². The number of amides is 1. The molecule has 20 heavy (non-hydrogen) atoms. The average Bonchev–Trinajstić information content (AvgIpc) is 3.05. The summed E-state index contributed by atoms with van der Waals surface area (Å²) >= 11 is 0. The molecule has 0 radical (unpaired) electrons. The Balaban J connectivity index is 2.61. The fraction of sp³-hybridized carbons (Fsp3) is 0.833. The number of alkyl carbamates (subject to hydrolysis) is 1. The van der Waals surface area contributed by atoms with Crippen molar-refractivity contribution in [1.29, 1.82) is 0 Å². The standard InChI is InChI=1S/C12H21N3O5/c1-11(2,3)20-10(18)13-8(9(17)19-4)7-12(5-6-16)14-15-12/h8,16H,5-7H2,1-4H3,(H,13,18)/t8-/m0/s1. The van der Waals surface area contributed by atoms with Gasteiger partial charge in [0.05, 0.1) is 7.11 Å². The van der Waals surface area contributed by atoms with E-state index in [0.717, 1.165) is 0 Å². The summed E-state index contributed by atoms with van der Waals surface area (Å²) in [5.74, 6) is -0.606. The average molecular weight is 287 g/mol. The summed E-state index contributed by atoms with van der Waals surface area (Å²) in [6.45, 7) is 5.06. The van der Waals surface area contributed by atoms with Crippen LogP contribution < -0.4 is 5.32 Å². The van der Waals surface area contributed by atoms with E-state index in [1.165, 1.54) is 7.11 Å². The highest BCUT2D eigenvalue weighted by atomic mass is 16.6. The number of esters is 1. The van der Waals surface area contributed by atoms with Gasteiger partial charge in [0.25, 0.3) is 0 Å². The van der Waals surface area contributed by atoms with Gasteiger partial charge in [-0.25, -0.2) is 9.59 Å². The SMILES string of the molecule is COC(=O)[C@H](CC1(CCO)N=N1)NC(=O)OC(C)(C)C. The summed E-state index contributed by atoms with van der Waals surface area (Å²) in [4.78, 5) is 23.4. The highest BCUT2D eigenvalue weighted by Gasteiger charge is 2.44. The van der Waals surface area contributed by atoms with Crippen LogP contribution in [0.2, 0.25) is 0 Å². The number of ether oxygens (including phenoxy) is 2. The Morgan fingerprint density at radius 2 is 1.95 bits per heavy atom. The first-order valence-corrected chi connectivity index (χ1v) is 6.34. The van der Waals surface area contributed by atoms with E-state index in [4.69, 9.17) is 9.84 Å². The molecule has 0 unspecified atom stereocenters. The summed E-state index contributed by atoms with van der Waals surface area (Å²) in [5.41, 5.74) is -1.47. The minimum Gasteiger partial charge on any atom is -0.467 e. The molecule has 114 valence electrons. The van der Waals surface area contributed by atoms with E-state index < -0.39 is 29.4 Å². The van der Waals surface area contributed by atoms with E-state index in [9.17, 15) is 9.59 Å². The van der Waals surface area contributed by atoms with Crippen LogP contribution in [-0.4, -0.2) is 48.2 Å². The maximum atomic E-state index is 11.7. The number of nitrogens with one attached hydrogen (secondary N) is 1. The van der Waals surface area contributed by atoms with Gasteiger partial charge in [-0.2, -0.15) is 10.2 Å². The molecule has 1 atom stereocenters. The lowest BCUT2D eigenvalue weighted by Gasteiger charge is -2.23. The Morgan fingerprint density at radius 1 is 1.35 bits per heavy atom. The Labute approximate surface area is 117 Å². The van der Waals surface area contributed by atoms with Crippen molar-refractivity contribution in [3.63, 3.8) is 0 Å². The van der Waals surface area contributed by atoms with Crippen LogP contribution in [0.25, 0.3) is 0 Å². The van der Waals surface area contributed by atoms with Gasteiger partial charge in [0.2, 0.25) is 0 Å². The summed E-state index contributed by atoms with van der Waals surface area (Å²) < 4.78 is 9.73. The predicted octanol–water partition coefficient (Wildman–Crippen LogP) is 0.987. The van der Waals surface area contributed by atoms with Crippen LogP contribution in [0.3, 0.4) is 0 Å². The molecule has 1 aliphatic heterocycles. The molecule has 0 bridgehead atoms. The number of carbonyl (C=O) groups excluding carboxylic acids is 2. The van der Waals surface area contributed by atoms with Gasteiger partial charge in [-0.15, -0.1) is 0 Å². The predicted molar refractivity (Wildman–Crippen MR) is 69.1 cm³/mol. The number of aliphatic hydroxyl groups excluding tert-OH is 1. The van der Waals surface area contributed by atoms with Crippen molar-refractivity contribution in [2.24, 2.45) is 10.2 Å². The molecular weight excluding hydrogens is 266 g/mol. The summed E-state index contributed by atoms with van der Waals surface area (Å²) in [7, 11) is 1.23. The molecule has 8 nitrogen and oxygen atoms in total. The minimum absolute atomic E-state index is 0.104. The lowest BCUT2D eigenvalue weighted by atomic mass is 10.0. The van der Waals surface area contributed by atoms with Gasteiger partial charge in [0.1, 0.15) is 11.6 Å². The van der Waals surface area contributed by atoms with Crippen molar-refractivity contribution in [2.45, 2.75) is 50.9 Å². The Bertz CT molecular complexity index is 396. The number of aliphatic hydroxyl groups is 1. The van der Waals surface area contributed by atoms with Gasteiger partial charge in [0, 0.05) is 19.4 Å². The second-order valence-electron chi connectivity index (χ2n) is 5.58. The Morgan fingerprint density at radius 3 is 2.35 bits per heavy atom. The first-order chi connectivity index (χ1) is 9.21. The van der Waals surface area contributed by atoms with Gasteiger partial charge in [0.15, 0.2) is 5.66 Å². The molecule has 0 spiro atoms. The lowest BCUT2D eigenvalue weighted by molar-refractivity contribution is -0.143. The summed E-state index contributed by atoms with van der Waals surface area (Å²) in [5, 5.41) is 19.0. The monoisotopic (exact) mass is 287 g/mol. The molecule has 0 aromatic carbocycles. The third-order valence-corrected chi connectivity index (χ3v) is 2.60. The zero-order chi connectivity index (χ0) is 15.4. The number of nitrogens with zero attached hydrogens (tertiary/aromatic N) is 2. The van der Waals surface area contributed by atoms with Gasteiger partial charge in [-0.3, -0.25) is 0 Å². The van der Waals surface area contributed by atoms with Crippen molar-refractivity contribution in [2.75, 3.05) is 13.7 Å². The number of methoxy groups -OCH3 is 1. The molecule has 8 heteroatoms. The highest BCUT2D eigenvalue weighted by Crippen LogP contribution is 2.36. The third-order valence-electron chi connectivity index (χ3n) is 2.60. The first kappa shape index (κ1) is 16.4. The van der Waals surface area contributed by atoms with Gasteiger partial charge in [-0.05, 0) is 20.8 Å². The first-order valence-electron chi connectivity index (χ1n) is 6.34. The molecule has 1 heterocycles. The van der Waals surface area contributed by atoms with Crippen molar-refractivity contribution < 1.29 is 24.2 Å². The molecule has 1 aliphatic rings. The summed E-state index contributed by atoms with van der Waals surface area (Å²) in [6, 6.07) is -0.920. The van der Waals surface area contributed by atoms with Gasteiger partial charge >= 0.3 is 12.1 Å². The normalized spacial score (nSPS) is 17.2. The van der Waals surface area contributed by atoms with Gasteiger partial charge < -0.3 is 19.9 Å². The van der Waals surface area contributed by atoms with Crippen LogP contribution in [0.1, 0.15) is 33.6 Å². The zero-order valence-electron chi connectivity index (χ0n) is 12.2. The molecule has 1 amide bonds. The smallest absolute Gasteiger partial charge is 0.408 e. The Hall–Kier alpha value is -1.70. The van der Waals surface area contributed by atoms with E-state index in [2.05, 4.69) is 20.3 Å². The second kappa shape index (κ2) is 6.17. The molecule has 0 aromatic heterocycles. The molecule has 0 saturated heterocycles. The van der Waals surface area contributed by atoms with Crippen LogP contribution in [0.15, 0.2) is 10.2 Å².